The molecule has 0 bridgehead atoms. The molecule has 0 saturated carbocycles. The van der Waals surface area contributed by atoms with E-state index in [4.69, 9.17) is 9.47 Å². The van der Waals surface area contributed by atoms with Crippen LogP contribution in [-0.4, -0.2) is 53.5 Å². The molecule has 1 aliphatic heterocycles. The molecule has 118 valence electrons. The van der Waals surface area contributed by atoms with Crippen molar-refractivity contribution in [3.05, 3.63) is 23.5 Å². The van der Waals surface area contributed by atoms with Gasteiger partial charge in [-0.15, -0.1) is 0 Å². The summed E-state index contributed by atoms with van der Waals surface area (Å²) in [7, 11) is 0. The molecule has 3 heterocycles. The second-order valence-electron chi connectivity index (χ2n) is 5.08. The first-order valence-electron chi connectivity index (χ1n) is 7.62. The van der Waals surface area contributed by atoms with Crippen molar-refractivity contribution < 1.29 is 14.3 Å². The molecule has 2 aromatic rings. The molecule has 2 aromatic heterocycles. The van der Waals surface area contributed by atoms with Crippen LogP contribution in [0.15, 0.2) is 12.1 Å². The smallest absolute Gasteiger partial charge is 0.358 e. The molecule has 0 spiro atoms. The number of rotatable bonds is 4. The molecule has 0 aliphatic carbocycles. The van der Waals surface area contributed by atoms with Gasteiger partial charge in [0.2, 0.25) is 0 Å². The van der Waals surface area contributed by atoms with E-state index in [1.165, 1.54) is 0 Å². The zero-order valence-corrected chi connectivity index (χ0v) is 12.9. The minimum atomic E-state index is -0.418. The van der Waals surface area contributed by atoms with Crippen molar-refractivity contribution >= 4 is 17.4 Å². The van der Waals surface area contributed by atoms with E-state index < -0.39 is 5.97 Å². The molecular formula is C15H20N4O3. The zero-order valence-electron chi connectivity index (χ0n) is 12.9. The highest BCUT2D eigenvalue weighted by Gasteiger charge is 2.19. The summed E-state index contributed by atoms with van der Waals surface area (Å²) in [5.41, 5.74) is 1.94. The first-order valence-corrected chi connectivity index (χ1v) is 7.62. The summed E-state index contributed by atoms with van der Waals surface area (Å²) in [6.07, 6.45) is 0.827. The van der Waals surface area contributed by atoms with E-state index in [0.29, 0.717) is 25.5 Å². The number of morpholine rings is 1. The summed E-state index contributed by atoms with van der Waals surface area (Å²) in [5, 5.41) is 4.38. The van der Waals surface area contributed by atoms with Crippen LogP contribution in [0.4, 0.5) is 5.82 Å². The number of ether oxygens (including phenoxy) is 2. The summed E-state index contributed by atoms with van der Waals surface area (Å²) in [6, 6.07) is 3.71. The van der Waals surface area contributed by atoms with E-state index in [1.54, 1.807) is 17.5 Å². The number of nitrogens with zero attached hydrogens (tertiary/aromatic N) is 4. The van der Waals surface area contributed by atoms with Crippen LogP contribution in [0.2, 0.25) is 0 Å². The highest BCUT2D eigenvalue weighted by atomic mass is 16.5. The van der Waals surface area contributed by atoms with Crippen LogP contribution in [0.3, 0.4) is 0 Å². The van der Waals surface area contributed by atoms with Crippen molar-refractivity contribution in [3.8, 4) is 0 Å². The Morgan fingerprint density at radius 2 is 2.09 bits per heavy atom. The lowest BCUT2D eigenvalue weighted by atomic mass is 10.3. The molecule has 0 amide bonds. The molecular weight excluding hydrogens is 284 g/mol. The van der Waals surface area contributed by atoms with Gasteiger partial charge >= 0.3 is 5.97 Å². The number of aryl methyl sites for hydroxylation is 1. The Morgan fingerprint density at radius 3 is 2.77 bits per heavy atom. The third-order valence-corrected chi connectivity index (χ3v) is 3.64. The Morgan fingerprint density at radius 1 is 1.32 bits per heavy atom. The monoisotopic (exact) mass is 304 g/mol. The molecule has 3 rings (SSSR count). The van der Waals surface area contributed by atoms with Gasteiger partial charge in [-0.05, 0) is 13.3 Å². The third-order valence-electron chi connectivity index (χ3n) is 3.64. The van der Waals surface area contributed by atoms with Gasteiger partial charge in [0.05, 0.1) is 19.8 Å². The number of hydrogen-bond donors (Lipinski definition) is 0. The fraction of sp³-hybridized carbons (Fsp3) is 0.533. The largest absolute Gasteiger partial charge is 0.461 e. The van der Waals surface area contributed by atoms with Crippen molar-refractivity contribution in [2.75, 3.05) is 37.8 Å². The van der Waals surface area contributed by atoms with E-state index in [0.717, 1.165) is 31.0 Å². The molecule has 1 fully saturated rings. The predicted molar refractivity (Wildman–Crippen MR) is 81.4 cm³/mol. The second kappa shape index (κ2) is 6.31. The molecule has 1 aliphatic rings. The van der Waals surface area contributed by atoms with Crippen LogP contribution < -0.4 is 4.90 Å². The quantitative estimate of drug-likeness (QED) is 0.793. The predicted octanol–water partition coefficient (Wildman–Crippen LogP) is 1.30. The molecule has 1 saturated heterocycles. The minimum absolute atomic E-state index is 0.289. The third kappa shape index (κ3) is 2.76. The fourth-order valence-corrected chi connectivity index (χ4v) is 2.51. The summed E-state index contributed by atoms with van der Waals surface area (Å²) >= 11 is 0. The zero-order chi connectivity index (χ0) is 15.5. The molecule has 0 radical (unpaired) electrons. The van der Waals surface area contributed by atoms with Crippen LogP contribution in [0.1, 0.15) is 30.0 Å². The van der Waals surface area contributed by atoms with Crippen molar-refractivity contribution in [2.45, 2.75) is 20.3 Å². The summed E-state index contributed by atoms with van der Waals surface area (Å²) in [6.45, 7) is 7.16. The van der Waals surface area contributed by atoms with Crippen LogP contribution in [-0.2, 0) is 15.9 Å². The maximum atomic E-state index is 11.9. The Kier molecular flexibility index (Phi) is 4.24. The van der Waals surface area contributed by atoms with Crippen LogP contribution in [0.25, 0.3) is 5.65 Å². The van der Waals surface area contributed by atoms with Gasteiger partial charge in [-0.3, -0.25) is 0 Å². The van der Waals surface area contributed by atoms with E-state index in [2.05, 4.69) is 21.9 Å². The number of aromatic nitrogens is 3. The Balaban J connectivity index is 2.06. The van der Waals surface area contributed by atoms with Crippen molar-refractivity contribution in [2.24, 2.45) is 0 Å². The molecule has 7 heteroatoms. The number of fused-ring (bicyclic) bond motifs is 1. The standard InChI is InChI=1S/C15H20N4O3/c1-3-11-9-14(18-5-7-21-8-6-18)19-13(16-11)10-12(17-19)15(20)22-4-2/h9-10H,3-8H2,1-2H3. The normalized spacial score (nSPS) is 15.3. The lowest BCUT2D eigenvalue weighted by Crippen LogP contribution is -2.37. The highest BCUT2D eigenvalue weighted by Crippen LogP contribution is 2.20. The maximum absolute atomic E-state index is 11.9. The van der Waals surface area contributed by atoms with Gasteiger partial charge in [0.25, 0.3) is 0 Å². The van der Waals surface area contributed by atoms with Crippen molar-refractivity contribution in [1.29, 1.82) is 0 Å². The van der Waals surface area contributed by atoms with Crippen molar-refractivity contribution in [3.63, 3.8) is 0 Å². The fourth-order valence-electron chi connectivity index (χ4n) is 2.51. The molecule has 0 N–H and O–H groups in total. The topological polar surface area (TPSA) is 69.0 Å². The van der Waals surface area contributed by atoms with Crippen molar-refractivity contribution in [1.82, 2.24) is 14.6 Å². The van der Waals surface area contributed by atoms with E-state index >= 15 is 0 Å². The van der Waals surface area contributed by atoms with Gasteiger partial charge in [0.15, 0.2) is 11.3 Å². The maximum Gasteiger partial charge on any atom is 0.358 e. The molecule has 0 aromatic carbocycles. The number of hydrogen-bond acceptors (Lipinski definition) is 6. The van der Waals surface area contributed by atoms with Gasteiger partial charge in [0, 0.05) is 30.9 Å². The molecule has 7 nitrogen and oxygen atoms in total. The molecule has 22 heavy (non-hydrogen) atoms. The summed E-state index contributed by atoms with van der Waals surface area (Å²) in [4.78, 5) is 18.7. The van der Waals surface area contributed by atoms with Gasteiger partial charge in [-0.2, -0.15) is 9.61 Å². The van der Waals surface area contributed by atoms with E-state index in [-0.39, 0.29) is 5.69 Å². The SMILES string of the molecule is CCOC(=O)c1cc2nc(CC)cc(N3CCOCC3)n2n1. The Bertz CT molecular complexity index is 677. The number of carbonyl (C=O) groups is 1. The van der Waals surface area contributed by atoms with Crippen LogP contribution >= 0.6 is 0 Å². The van der Waals surface area contributed by atoms with Gasteiger partial charge < -0.3 is 14.4 Å². The second-order valence-corrected chi connectivity index (χ2v) is 5.08. The minimum Gasteiger partial charge on any atom is -0.461 e. The van der Waals surface area contributed by atoms with Gasteiger partial charge in [-0.25, -0.2) is 9.78 Å². The Hall–Kier alpha value is -2.15. The summed E-state index contributed by atoms with van der Waals surface area (Å²) in [5.74, 6) is 0.527. The van der Waals surface area contributed by atoms with Crippen LogP contribution in [0, 0.1) is 0 Å². The van der Waals surface area contributed by atoms with Gasteiger partial charge in [0.1, 0.15) is 5.82 Å². The first kappa shape index (κ1) is 14.8. The van der Waals surface area contributed by atoms with E-state index in [1.807, 2.05) is 6.07 Å². The Labute approximate surface area is 128 Å². The average Bonchev–Trinajstić information content (AvgIpc) is 2.99. The number of esters is 1. The first-order chi connectivity index (χ1) is 10.7. The molecule has 0 unspecified atom stereocenters. The average molecular weight is 304 g/mol. The highest BCUT2D eigenvalue weighted by molar-refractivity contribution is 5.88. The van der Waals surface area contributed by atoms with E-state index in [9.17, 15) is 4.79 Å². The lowest BCUT2D eigenvalue weighted by Gasteiger charge is -2.29. The number of carbonyl (C=O) groups excluding carboxylic acids is 1. The number of anilines is 1. The lowest BCUT2D eigenvalue weighted by molar-refractivity contribution is 0.0519. The molecule has 0 atom stereocenters. The summed E-state index contributed by atoms with van der Waals surface area (Å²) < 4.78 is 12.1. The van der Waals surface area contributed by atoms with Gasteiger partial charge in [-0.1, -0.05) is 6.92 Å². The van der Waals surface area contributed by atoms with Crippen LogP contribution in [0.5, 0.6) is 0 Å².